The first-order chi connectivity index (χ1) is 16.7. The van der Waals surface area contributed by atoms with Gasteiger partial charge in [0, 0.05) is 56.6 Å². The number of nitrogens with zero attached hydrogens (tertiary/aromatic N) is 3. The number of para-hydroxylation sites is 1. The highest BCUT2D eigenvalue weighted by Crippen LogP contribution is 2.49. The Hall–Kier alpha value is -2.89. The molecule has 188 valence electrons. The third-order valence-corrected chi connectivity index (χ3v) is 6.98. The van der Waals surface area contributed by atoms with Gasteiger partial charge in [0.05, 0.1) is 24.3 Å². The molecule has 11 heteroatoms. The van der Waals surface area contributed by atoms with Crippen molar-refractivity contribution in [2.45, 2.75) is 37.7 Å². The molecule has 2 aromatic heterocycles. The highest BCUT2D eigenvalue weighted by molar-refractivity contribution is 7.09. The number of hydrogen-bond donors (Lipinski definition) is 1. The number of piperidine rings is 1. The number of fused-ring (bicyclic) bond motifs is 4. The molecular formula is C24H26F3N3O4S. The van der Waals surface area contributed by atoms with Crippen LogP contribution in [-0.4, -0.2) is 58.5 Å². The molecule has 35 heavy (non-hydrogen) atoms. The molecule has 5 rings (SSSR count). The summed E-state index contributed by atoms with van der Waals surface area (Å²) in [5.74, 6) is -1.80. The van der Waals surface area contributed by atoms with Gasteiger partial charge >= 0.3 is 12.1 Å². The molecule has 0 amide bonds. The van der Waals surface area contributed by atoms with Crippen molar-refractivity contribution in [1.82, 2.24) is 14.5 Å². The topological polar surface area (TPSA) is 76.8 Å². The maximum absolute atomic E-state index is 10.6. The Bertz CT molecular complexity index is 1140. The molecule has 2 aliphatic heterocycles. The minimum absolute atomic E-state index is 0.306. The lowest BCUT2D eigenvalue weighted by atomic mass is 9.83. The number of benzene rings is 1. The molecule has 7 nitrogen and oxygen atoms in total. The van der Waals surface area contributed by atoms with Crippen LogP contribution in [0.2, 0.25) is 0 Å². The number of methoxy groups -OCH3 is 1. The lowest BCUT2D eigenvalue weighted by Crippen LogP contribution is -2.48. The van der Waals surface area contributed by atoms with E-state index in [1.165, 1.54) is 10.6 Å². The molecule has 1 N–H and O–H groups in total. The molecule has 1 aromatic carbocycles. The van der Waals surface area contributed by atoms with Crippen LogP contribution < -0.4 is 4.74 Å². The van der Waals surface area contributed by atoms with Crippen molar-refractivity contribution < 1.29 is 32.5 Å². The molecule has 0 saturated carbocycles. The zero-order valence-electron chi connectivity index (χ0n) is 19.1. The number of rotatable bonds is 5. The van der Waals surface area contributed by atoms with E-state index < -0.39 is 12.1 Å². The zero-order valence-corrected chi connectivity index (χ0v) is 19.9. The Morgan fingerprint density at radius 2 is 1.94 bits per heavy atom. The van der Waals surface area contributed by atoms with Crippen molar-refractivity contribution in [3.63, 3.8) is 0 Å². The number of carbonyl (C=O) groups is 1. The summed E-state index contributed by atoms with van der Waals surface area (Å²) in [6, 6.07) is 12.6. The van der Waals surface area contributed by atoms with E-state index in [1.807, 2.05) is 23.7 Å². The van der Waals surface area contributed by atoms with Gasteiger partial charge in [-0.15, -0.1) is 11.3 Å². The third kappa shape index (κ3) is 5.52. The minimum atomic E-state index is -5.08. The predicted molar refractivity (Wildman–Crippen MR) is 124 cm³/mol. The van der Waals surface area contributed by atoms with Crippen molar-refractivity contribution in [2.24, 2.45) is 0 Å². The van der Waals surface area contributed by atoms with Crippen LogP contribution in [0.15, 0.2) is 48.1 Å². The predicted octanol–water partition coefficient (Wildman–Crippen LogP) is 4.78. The highest BCUT2D eigenvalue weighted by atomic mass is 32.1. The number of imidazole rings is 1. The van der Waals surface area contributed by atoms with Crippen LogP contribution in [0, 0.1) is 0 Å². The van der Waals surface area contributed by atoms with Gasteiger partial charge in [-0.1, -0.05) is 18.2 Å². The van der Waals surface area contributed by atoms with E-state index in [2.05, 4.69) is 45.2 Å². The van der Waals surface area contributed by atoms with Crippen LogP contribution in [0.1, 0.15) is 23.4 Å². The third-order valence-electron chi connectivity index (χ3n) is 6.12. The van der Waals surface area contributed by atoms with Gasteiger partial charge in [-0.05, 0) is 23.6 Å². The van der Waals surface area contributed by atoms with E-state index in [1.54, 1.807) is 7.11 Å². The number of carboxylic acid groups (broad SMARTS) is 1. The Balaban J connectivity index is 0.000000364. The van der Waals surface area contributed by atoms with Gasteiger partial charge in [0.1, 0.15) is 5.75 Å². The van der Waals surface area contributed by atoms with E-state index in [9.17, 15) is 13.2 Å². The van der Waals surface area contributed by atoms with Crippen molar-refractivity contribution in [2.75, 3.05) is 26.8 Å². The SMILES string of the molecule is COCCn1cnc2c1C1(CCN(Cc3cccs3)CC1)Oc1ccccc1-2.O=C(O)C(F)(F)F. The van der Waals surface area contributed by atoms with Gasteiger partial charge in [-0.3, -0.25) is 4.90 Å². The average molecular weight is 510 g/mol. The van der Waals surface area contributed by atoms with Crippen LogP contribution >= 0.6 is 11.3 Å². The number of aliphatic carboxylic acids is 1. The second-order valence-electron chi connectivity index (χ2n) is 8.38. The molecular weight excluding hydrogens is 483 g/mol. The molecule has 1 spiro atoms. The fourth-order valence-electron chi connectivity index (χ4n) is 4.46. The Morgan fingerprint density at radius 1 is 1.23 bits per heavy atom. The first kappa shape index (κ1) is 25.2. The number of likely N-dealkylation sites (tertiary alicyclic amines) is 1. The fourth-order valence-corrected chi connectivity index (χ4v) is 5.21. The summed E-state index contributed by atoms with van der Waals surface area (Å²) in [5, 5.41) is 9.28. The summed E-state index contributed by atoms with van der Waals surface area (Å²) in [6.45, 7) is 4.54. The van der Waals surface area contributed by atoms with Crippen molar-refractivity contribution in [3.8, 4) is 17.0 Å². The largest absolute Gasteiger partial charge is 0.490 e. The molecule has 1 saturated heterocycles. The van der Waals surface area contributed by atoms with Crippen LogP contribution in [-0.2, 0) is 28.2 Å². The quantitative estimate of drug-likeness (QED) is 0.534. The van der Waals surface area contributed by atoms with Crippen LogP contribution in [0.25, 0.3) is 11.3 Å². The lowest BCUT2D eigenvalue weighted by molar-refractivity contribution is -0.192. The van der Waals surface area contributed by atoms with Gasteiger partial charge in [0.25, 0.3) is 0 Å². The summed E-state index contributed by atoms with van der Waals surface area (Å²) in [6.07, 6.45) is -1.19. The summed E-state index contributed by atoms with van der Waals surface area (Å²) in [4.78, 5) is 17.7. The van der Waals surface area contributed by atoms with E-state index in [4.69, 9.17) is 24.4 Å². The smallest absolute Gasteiger partial charge is 0.480 e. The normalized spacial score (nSPS) is 16.6. The first-order valence-corrected chi connectivity index (χ1v) is 12.0. The van der Waals surface area contributed by atoms with Crippen LogP contribution in [0.3, 0.4) is 0 Å². The van der Waals surface area contributed by atoms with Crippen molar-refractivity contribution in [1.29, 1.82) is 0 Å². The van der Waals surface area contributed by atoms with Gasteiger partial charge in [0.2, 0.25) is 0 Å². The number of carboxylic acids is 1. The number of aromatic nitrogens is 2. The van der Waals surface area contributed by atoms with Gasteiger partial charge in [-0.2, -0.15) is 13.2 Å². The van der Waals surface area contributed by atoms with E-state index in [0.717, 1.165) is 56.0 Å². The Morgan fingerprint density at radius 3 is 2.57 bits per heavy atom. The number of thiophene rings is 1. The molecule has 3 aromatic rings. The van der Waals surface area contributed by atoms with E-state index in [0.29, 0.717) is 6.61 Å². The molecule has 0 atom stereocenters. The summed E-state index contributed by atoms with van der Waals surface area (Å²) < 4.78 is 46.0. The molecule has 1 fully saturated rings. The number of hydrogen-bond acceptors (Lipinski definition) is 6. The van der Waals surface area contributed by atoms with Crippen molar-refractivity contribution >= 4 is 17.3 Å². The van der Waals surface area contributed by atoms with Gasteiger partial charge < -0.3 is 19.1 Å². The molecule has 0 unspecified atom stereocenters. The Labute approximate surface area is 204 Å². The van der Waals surface area contributed by atoms with E-state index >= 15 is 0 Å². The fraction of sp³-hybridized carbons (Fsp3) is 0.417. The molecule has 2 aliphatic rings. The number of alkyl halides is 3. The average Bonchev–Trinajstić information content (AvgIpc) is 3.50. The number of ether oxygens (including phenoxy) is 2. The van der Waals surface area contributed by atoms with Crippen LogP contribution in [0.4, 0.5) is 13.2 Å². The standard InChI is InChI=1S/C22H25N3O2S.C2HF3O2/c1-26-13-12-25-16-23-20-18-6-2-3-7-19(18)27-22(21(20)25)8-10-24(11-9-22)15-17-5-4-14-28-17;3-2(4,5)1(6)7/h2-7,14,16H,8-13,15H2,1H3;(H,6,7). The van der Waals surface area contributed by atoms with Crippen LogP contribution in [0.5, 0.6) is 5.75 Å². The molecule has 0 bridgehead atoms. The second-order valence-corrected chi connectivity index (χ2v) is 9.41. The maximum atomic E-state index is 10.6. The Kier molecular flexibility index (Phi) is 7.48. The molecule has 0 aliphatic carbocycles. The maximum Gasteiger partial charge on any atom is 0.490 e. The highest BCUT2D eigenvalue weighted by Gasteiger charge is 2.46. The molecule has 4 heterocycles. The van der Waals surface area contributed by atoms with Gasteiger partial charge in [-0.25, -0.2) is 9.78 Å². The zero-order chi connectivity index (χ0) is 25.1. The second kappa shape index (κ2) is 10.4. The van der Waals surface area contributed by atoms with Crippen molar-refractivity contribution in [3.05, 3.63) is 58.7 Å². The molecule has 0 radical (unpaired) electrons. The summed E-state index contributed by atoms with van der Waals surface area (Å²) in [7, 11) is 1.74. The summed E-state index contributed by atoms with van der Waals surface area (Å²) in [5.41, 5.74) is 3.09. The minimum Gasteiger partial charge on any atom is -0.480 e. The van der Waals surface area contributed by atoms with Gasteiger partial charge in [0.15, 0.2) is 5.60 Å². The monoisotopic (exact) mass is 509 g/mol. The first-order valence-electron chi connectivity index (χ1n) is 11.1. The van der Waals surface area contributed by atoms with E-state index in [-0.39, 0.29) is 5.60 Å². The summed E-state index contributed by atoms with van der Waals surface area (Å²) >= 11 is 1.83. The lowest BCUT2D eigenvalue weighted by Gasteiger charge is -2.44. The number of halogens is 3.